The lowest BCUT2D eigenvalue weighted by Crippen LogP contribution is -2.32. The first-order valence-electron chi connectivity index (χ1n) is 5.98. The van der Waals surface area contributed by atoms with Gasteiger partial charge in [-0.2, -0.15) is 0 Å². The van der Waals surface area contributed by atoms with Crippen molar-refractivity contribution in [1.82, 2.24) is 5.32 Å². The van der Waals surface area contributed by atoms with Gasteiger partial charge in [0, 0.05) is 12.6 Å². The van der Waals surface area contributed by atoms with Gasteiger partial charge in [0.15, 0.2) is 0 Å². The molecule has 1 aromatic carbocycles. The topological polar surface area (TPSA) is 32.3 Å². The van der Waals surface area contributed by atoms with E-state index in [4.69, 9.17) is 0 Å². The van der Waals surface area contributed by atoms with Gasteiger partial charge >= 0.3 is 0 Å². The van der Waals surface area contributed by atoms with Crippen LogP contribution in [0.5, 0.6) is 0 Å². The molecule has 0 aliphatic carbocycles. The van der Waals surface area contributed by atoms with E-state index in [0.29, 0.717) is 12.5 Å². The molecule has 2 unspecified atom stereocenters. The summed E-state index contributed by atoms with van der Waals surface area (Å²) < 4.78 is 0. The average molecular weight is 221 g/mol. The van der Waals surface area contributed by atoms with Gasteiger partial charge in [0.2, 0.25) is 0 Å². The molecule has 2 heteroatoms. The zero-order valence-electron chi connectivity index (χ0n) is 10.7. The Morgan fingerprint density at radius 3 is 2.19 bits per heavy atom. The quantitative estimate of drug-likeness (QED) is 0.801. The van der Waals surface area contributed by atoms with Gasteiger partial charge in [-0.25, -0.2) is 0 Å². The van der Waals surface area contributed by atoms with Crippen LogP contribution in [0.2, 0.25) is 0 Å². The number of aliphatic hydroxyl groups is 1. The lowest BCUT2D eigenvalue weighted by atomic mass is 10.0. The summed E-state index contributed by atoms with van der Waals surface area (Å²) in [6, 6.07) is 8.79. The summed E-state index contributed by atoms with van der Waals surface area (Å²) in [6.45, 7) is 8.92. The molecule has 16 heavy (non-hydrogen) atoms. The van der Waals surface area contributed by atoms with Crippen molar-refractivity contribution >= 4 is 0 Å². The van der Waals surface area contributed by atoms with Crippen molar-refractivity contribution in [3.05, 3.63) is 35.4 Å². The molecule has 0 heterocycles. The van der Waals surface area contributed by atoms with E-state index in [1.165, 1.54) is 11.1 Å². The number of nitrogens with one attached hydrogen (secondary N) is 1. The Labute approximate surface area is 98.7 Å². The second-order valence-electron chi connectivity index (χ2n) is 4.85. The van der Waals surface area contributed by atoms with Crippen molar-refractivity contribution < 1.29 is 5.11 Å². The first-order valence-corrected chi connectivity index (χ1v) is 5.98. The number of hydrogen-bond donors (Lipinski definition) is 2. The Morgan fingerprint density at radius 1 is 1.12 bits per heavy atom. The third-order valence-electron chi connectivity index (χ3n) is 2.98. The Hall–Kier alpha value is -0.860. The summed E-state index contributed by atoms with van der Waals surface area (Å²) in [6.07, 6.45) is -0.270. The molecule has 0 saturated heterocycles. The minimum absolute atomic E-state index is 0.270. The maximum Gasteiger partial charge on any atom is 0.0687 e. The van der Waals surface area contributed by atoms with E-state index >= 15 is 0 Å². The second-order valence-corrected chi connectivity index (χ2v) is 4.85. The monoisotopic (exact) mass is 221 g/mol. The van der Waals surface area contributed by atoms with Crippen molar-refractivity contribution in [2.45, 2.75) is 39.8 Å². The van der Waals surface area contributed by atoms with Crippen LogP contribution in [0.15, 0.2) is 24.3 Å². The van der Waals surface area contributed by atoms with Crippen LogP contribution in [0, 0.1) is 12.8 Å². The Balaban J connectivity index is 2.46. The van der Waals surface area contributed by atoms with E-state index in [1.807, 2.05) is 13.8 Å². The Morgan fingerprint density at radius 2 is 1.69 bits per heavy atom. The number of aliphatic hydroxyl groups excluding tert-OH is 1. The molecule has 1 aromatic rings. The highest BCUT2D eigenvalue weighted by molar-refractivity contribution is 5.23. The van der Waals surface area contributed by atoms with Crippen LogP contribution in [-0.4, -0.2) is 17.8 Å². The predicted molar refractivity (Wildman–Crippen MR) is 68.4 cm³/mol. The van der Waals surface area contributed by atoms with Gasteiger partial charge in [-0.3, -0.25) is 0 Å². The minimum atomic E-state index is -0.270. The Bertz CT molecular complexity index is 305. The molecule has 0 spiro atoms. The summed E-state index contributed by atoms with van der Waals surface area (Å²) in [5, 5.41) is 13.1. The lowest BCUT2D eigenvalue weighted by Gasteiger charge is -2.19. The average Bonchev–Trinajstić information content (AvgIpc) is 2.26. The third-order valence-corrected chi connectivity index (χ3v) is 2.98. The van der Waals surface area contributed by atoms with E-state index in [1.54, 1.807) is 0 Å². The summed E-state index contributed by atoms with van der Waals surface area (Å²) >= 11 is 0. The van der Waals surface area contributed by atoms with Gasteiger partial charge in [0.05, 0.1) is 6.10 Å². The molecule has 0 amide bonds. The summed E-state index contributed by atoms with van der Waals surface area (Å²) in [7, 11) is 0. The van der Waals surface area contributed by atoms with Gasteiger partial charge in [0.1, 0.15) is 0 Å². The maximum absolute atomic E-state index is 9.70. The van der Waals surface area contributed by atoms with Crippen molar-refractivity contribution in [1.29, 1.82) is 0 Å². The molecule has 0 aromatic heterocycles. The Kier molecular flexibility index (Phi) is 4.97. The molecular weight excluding hydrogens is 198 g/mol. The van der Waals surface area contributed by atoms with E-state index in [-0.39, 0.29) is 12.1 Å². The van der Waals surface area contributed by atoms with Crippen molar-refractivity contribution in [3.8, 4) is 0 Å². The summed E-state index contributed by atoms with van der Waals surface area (Å²) in [5.41, 5.74) is 2.54. The SMILES string of the molecule is Cc1ccc(C(C)NCC(O)C(C)C)cc1. The van der Waals surface area contributed by atoms with Gasteiger partial charge in [-0.15, -0.1) is 0 Å². The number of hydrogen-bond acceptors (Lipinski definition) is 2. The molecule has 1 rings (SSSR count). The smallest absolute Gasteiger partial charge is 0.0687 e. The second kappa shape index (κ2) is 6.02. The molecule has 2 atom stereocenters. The molecule has 0 saturated carbocycles. The molecule has 2 N–H and O–H groups in total. The third kappa shape index (κ3) is 3.95. The van der Waals surface area contributed by atoms with Crippen molar-refractivity contribution in [2.75, 3.05) is 6.54 Å². The van der Waals surface area contributed by atoms with Gasteiger partial charge in [-0.1, -0.05) is 43.7 Å². The molecule has 0 bridgehead atoms. The normalized spacial score (nSPS) is 15.1. The minimum Gasteiger partial charge on any atom is -0.392 e. The standard InChI is InChI=1S/C14H23NO/c1-10(2)14(16)9-15-12(4)13-7-5-11(3)6-8-13/h5-8,10,12,14-16H,9H2,1-4H3. The van der Waals surface area contributed by atoms with Crippen LogP contribution in [0.4, 0.5) is 0 Å². The number of benzene rings is 1. The first-order chi connectivity index (χ1) is 7.50. The zero-order chi connectivity index (χ0) is 12.1. The van der Waals surface area contributed by atoms with Crippen LogP contribution >= 0.6 is 0 Å². The summed E-state index contributed by atoms with van der Waals surface area (Å²) in [4.78, 5) is 0. The van der Waals surface area contributed by atoms with Crippen LogP contribution in [0.25, 0.3) is 0 Å². The van der Waals surface area contributed by atoms with Crippen molar-refractivity contribution in [3.63, 3.8) is 0 Å². The molecule has 2 nitrogen and oxygen atoms in total. The molecule has 0 aliphatic rings. The molecular formula is C14H23NO. The van der Waals surface area contributed by atoms with E-state index in [0.717, 1.165) is 0 Å². The van der Waals surface area contributed by atoms with E-state index in [2.05, 4.69) is 43.4 Å². The van der Waals surface area contributed by atoms with Gasteiger partial charge in [-0.05, 0) is 25.3 Å². The predicted octanol–water partition coefficient (Wildman–Crippen LogP) is 2.66. The van der Waals surface area contributed by atoms with Crippen LogP contribution in [0.3, 0.4) is 0 Å². The number of rotatable bonds is 5. The van der Waals surface area contributed by atoms with Crippen molar-refractivity contribution in [2.24, 2.45) is 5.92 Å². The summed E-state index contributed by atoms with van der Waals surface area (Å²) in [5.74, 6) is 0.303. The molecule has 0 fully saturated rings. The van der Waals surface area contributed by atoms with Gasteiger partial charge < -0.3 is 10.4 Å². The van der Waals surface area contributed by atoms with Crippen LogP contribution in [0.1, 0.15) is 37.9 Å². The van der Waals surface area contributed by atoms with E-state index < -0.39 is 0 Å². The fourth-order valence-electron chi connectivity index (χ4n) is 1.51. The highest BCUT2D eigenvalue weighted by atomic mass is 16.3. The molecule has 90 valence electrons. The van der Waals surface area contributed by atoms with Gasteiger partial charge in [0.25, 0.3) is 0 Å². The highest BCUT2D eigenvalue weighted by Gasteiger charge is 2.11. The first kappa shape index (κ1) is 13.2. The highest BCUT2D eigenvalue weighted by Crippen LogP contribution is 2.13. The fraction of sp³-hybridized carbons (Fsp3) is 0.571. The van der Waals surface area contributed by atoms with Crippen LogP contribution in [-0.2, 0) is 0 Å². The fourth-order valence-corrected chi connectivity index (χ4v) is 1.51. The zero-order valence-corrected chi connectivity index (χ0v) is 10.7. The molecule has 0 aliphatic heterocycles. The molecule has 0 radical (unpaired) electrons. The van der Waals surface area contributed by atoms with E-state index in [9.17, 15) is 5.11 Å². The number of aryl methyl sites for hydroxylation is 1. The van der Waals surface area contributed by atoms with Crippen LogP contribution < -0.4 is 5.32 Å². The largest absolute Gasteiger partial charge is 0.392 e. The lowest BCUT2D eigenvalue weighted by molar-refractivity contribution is 0.120. The maximum atomic E-state index is 9.70.